The van der Waals surface area contributed by atoms with Gasteiger partial charge in [-0.25, -0.2) is 9.18 Å². The van der Waals surface area contributed by atoms with E-state index in [4.69, 9.17) is 0 Å². The summed E-state index contributed by atoms with van der Waals surface area (Å²) in [6, 6.07) is 12.5. The SMILES string of the molecule is COC(=O)/C=C(\C)c1ccc(F)c(-c2ccc(C)cc2)c1. The van der Waals surface area contributed by atoms with Gasteiger partial charge in [-0.1, -0.05) is 35.9 Å². The molecule has 0 spiro atoms. The minimum absolute atomic E-state index is 0.284. The van der Waals surface area contributed by atoms with Gasteiger partial charge in [0.2, 0.25) is 0 Å². The molecule has 0 radical (unpaired) electrons. The minimum atomic E-state index is -0.422. The molecule has 0 aliphatic heterocycles. The normalized spacial score (nSPS) is 11.3. The van der Waals surface area contributed by atoms with Gasteiger partial charge in [-0.3, -0.25) is 0 Å². The van der Waals surface area contributed by atoms with Crippen LogP contribution in [0.4, 0.5) is 4.39 Å². The number of carbonyl (C=O) groups is 1. The molecule has 0 saturated heterocycles. The van der Waals surface area contributed by atoms with E-state index in [1.807, 2.05) is 31.2 Å². The molecule has 0 unspecified atom stereocenters. The Morgan fingerprint density at radius 2 is 1.81 bits per heavy atom. The molecule has 0 atom stereocenters. The van der Waals surface area contributed by atoms with E-state index in [1.165, 1.54) is 19.3 Å². The zero-order valence-electron chi connectivity index (χ0n) is 12.3. The smallest absolute Gasteiger partial charge is 0.330 e. The van der Waals surface area contributed by atoms with Gasteiger partial charge < -0.3 is 4.74 Å². The highest BCUT2D eigenvalue weighted by atomic mass is 19.1. The first-order chi connectivity index (χ1) is 10.0. The Bertz CT molecular complexity index is 685. The molecule has 0 aliphatic rings. The highest BCUT2D eigenvalue weighted by molar-refractivity contribution is 5.91. The van der Waals surface area contributed by atoms with Crippen molar-refractivity contribution < 1.29 is 13.9 Å². The van der Waals surface area contributed by atoms with Crippen LogP contribution in [0.3, 0.4) is 0 Å². The van der Waals surface area contributed by atoms with Crippen molar-refractivity contribution in [2.75, 3.05) is 7.11 Å². The Labute approximate surface area is 123 Å². The maximum Gasteiger partial charge on any atom is 0.330 e. The van der Waals surface area contributed by atoms with E-state index in [9.17, 15) is 9.18 Å². The maximum absolute atomic E-state index is 14.0. The number of carbonyl (C=O) groups excluding carboxylic acids is 1. The highest BCUT2D eigenvalue weighted by Crippen LogP contribution is 2.27. The van der Waals surface area contributed by atoms with Crippen LogP contribution < -0.4 is 0 Å². The summed E-state index contributed by atoms with van der Waals surface area (Å²) >= 11 is 0. The number of ether oxygens (including phenoxy) is 1. The molecule has 0 amide bonds. The summed E-state index contributed by atoms with van der Waals surface area (Å²) in [6.45, 7) is 3.78. The van der Waals surface area contributed by atoms with E-state index in [2.05, 4.69) is 4.74 Å². The summed E-state index contributed by atoms with van der Waals surface area (Å²) in [5.74, 6) is -0.706. The zero-order valence-corrected chi connectivity index (χ0v) is 12.3. The second-order valence-corrected chi connectivity index (χ2v) is 4.91. The molecule has 0 aromatic heterocycles. The first-order valence-electron chi connectivity index (χ1n) is 6.64. The van der Waals surface area contributed by atoms with Crippen LogP contribution in [0.5, 0.6) is 0 Å². The highest BCUT2D eigenvalue weighted by Gasteiger charge is 2.08. The fourth-order valence-corrected chi connectivity index (χ4v) is 2.04. The van der Waals surface area contributed by atoms with Gasteiger partial charge in [-0.2, -0.15) is 0 Å². The predicted octanol–water partition coefficient (Wildman–Crippen LogP) is 4.38. The summed E-state index contributed by atoms with van der Waals surface area (Å²) in [5.41, 5.74) is 3.97. The number of hydrogen-bond donors (Lipinski definition) is 0. The van der Waals surface area contributed by atoms with Gasteiger partial charge in [-0.05, 0) is 42.7 Å². The first-order valence-corrected chi connectivity index (χ1v) is 6.64. The summed E-state index contributed by atoms with van der Waals surface area (Å²) in [4.78, 5) is 11.3. The van der Waals surface area contributed by atoms with Crippen LogP contribution in [0.15, 0.2) is 48.5 Å². The van der Waals surface area contributed by atoms with Crippen LogP contribution in [-0.4, -0.2) is 13.1 Å². The molecular formula is C18H17FO2. The third-order valence-corrected chi connectivity index (χ3v) is 3.32. The molecule has 21 heavy (non-hydrogen) atoms. The van der Waals surface area contributed by atoms with Crippen LogP contribution in [-0.2, 0) is 9.53 Å². The monoisotopic (exact) mass is 284 g/mol. The molecule has 3 heteroatoms. The van der Waals surface area contributed by atoms with Gasteiger partial charge in [0.1, 0.15) is 5.82 Å². The Kier molecular flexibility index (Phi) is 4.53. The van der Waals surface area contributed by atoms with Crippen molar-refractivity contribution in [3.05, 3.63) is 65.5 Å². The molecule has 0 fully saturated rings. The Hall–Kier alpha value is -2.42. The summed E-state index contributed by atoms with van der Waals surface area (Å²) in [5, 5.41) is 0. The van der Waals surface area contributed by atoms with Crippen molar-refractivity contribution in [3.8, 4) is 11.1 Å². The van der Waals surface area contributed by atoms with Crippen molar-refractivity contribution in [1.82, 2.24) is 0 Å². The largest absolute Gasteiger partial charge is 0.466 e. The molecule has 0 bridgehead atoms. The van der Waals surface area contributed by atoms with Crippen LogP contribution in [0.25, 0.3) is 16.7 Å². The van der Waals surface area contributed by atoms with Gasteiger partial charge in [-0.15, -0.1) is 0 Å². The average Bonchev–Trinajstić information content (AvgIpc) is 2.48. The number of methoxy groups -OCH3 is 1. The van der Waals surface area contributed by atoms with Gasteiger partial charge in [0.25, 0.3) is 0 Å². The van der Waals surface area contributed by atoms with Crippen molar-refractivity contribution in [2.24, 2.45) is 0 Å². The molecule has 2 aromatic rings. The molecule has 0 heterocycles. The molecule has 108 valence electrons. The van der Waals surface area contributed by atoms with E-state index >= 15 is 0 Å². The molecule has 2 nitrogen and oxygen atoms in total. The van der Waals surface area contributed by atoms with E-state index in [1.54, 1.807) is 19.1 Å². The lowest BCUT2D eigenvalue weighted by atomic mass is 9.98. The number of benzene rings is 2. The van der Waals surface area contributed by atoms with Crippen LogP contribution in [0, 0.1) is 12.7 Å². The predicted molar refractivity (Wildman–Crippen MR) is 82.2 cm³/mol. The molecule has 0 aliphatic carbocycles. The van der Waals surface area contributed by atoms with Crippen LogP contribution in [0.2, 0.25) is 0 Å². The van der Waals surface area contributed by atoms with E-state index in [0.29, 0.717) is 5.56 Å². The fourth-order valence-electron chi connectivity index (χ4n) is 2.04. The second-order valence-electron chi connectivity index (χ2n) is 4.91. The zero-order chi connectivity index (χ0) is 15.4. The second kappa shape index (κ2) is 6.35. The van der Waals surface area contributed by atoms with Gasteiger partial charge in [0.05, 0.1) is 7.11 Å². The first kappa shape index (κ1) is 15.0. The van der Waals surface area contributed by atoms with E-state index < -0.39 is 5.97 Å². The number of rotatable bonds is 3. The Balaban J connectivity index is 2.44. The summed E-state index contributed by atoms with van der Waals surface area (Å²) in [6.07, 6.45) is 1.39. The summed E-state index contributed by atoms with van der Waals surface area (Å²) < 4.78 is 18.6. The molecule has 2 aromatic carbocycles. The van der Waals surface area contributed by atoms with Crippen molar-refractivity contribution >= 4 is 11.5 Å². The fraction of sp³-hybridized carbons (Fsp3) is 0.167. The minimum Gasteiger partial charge on any atom is -0.466 e. The maximum atomic E-state index is 14.0. The summed E-state index contributed by atoms with van der Waals surface area (Å²) in [7, 11) is 1.33. The standard InChI is InChI=1S/C18H17FO2/c1-12-4-6-14(7-5-12)16-11-15(8-9-17(16)19)13(2)10-18(20)21-3/h4-11H,1-3H3/b13-10+. The molecule has 0 N–H and O–H groups in total. The van der Waals surface area contributed by atoms with E-state index in [0.717, 1.165) is 22.3 Å². The van der Waals surface area contributed by atoms with E-state index in [-0.39, 0.29) is 5.82 Å². The number of esters is 1. The number of halogens is 1. The van der Waals surface area contributed by atoms with Crippen molar-refractivity contribution in [1.29, 1.82) is 0 Å². The van der Waals surface area contributed by atoms with Crippen molar-refractivity contribution in [3.63, 3.8) is 0 Å². The molecule has 2 rings (SSSR count). The lowest BCUT2D eigenvalue weighted by molar-refractivity contribution is -0.134. The third-order valence-electron chi connectivity index (χ3n) is 3.32. The quantitative estimate of drug-likeness (QED) is 0.617. The van der Waals surface area contributed by atoms with Gasteiger partial charge >= 0.3 is 5.97 Å². The number of hydrogen-bond acceptors (Lipinski definition) is 2. The lowest BCUT2D eigenvalue weighted by Gasteiger charge is -2.08. The molecular weight excluding hydrogens is 267 g/mol. The average molecular weight is 284 g/mol. The number of allylic oxidation sites excluding steroid dienone is 1. The molecule has 0 saturated carbocycles. The third kappa shape index (κ3) is 3.57. The Morgan fingerprint density at radius 3 is 2.43 bits per heavy atom. The van der Waals surface area contributed by atoms with Gasteiger partial charge in [0.15, 0.2) is 0 Å². The van der Waals surface area contributed by atoms with Crippen LogP contribution >= 0.6 is 0 Å². The van der Waals surface area contributed by atoms with Gasteiger partial charge in [0, 0.05) is 11.6 Å². The Morgan fingerprint density at radius 1 is 1.14 bits per heavy atom. The lowest BCUT2D eigenvalue weighted by Crippen LogP contribution is -1.96. The van der Waals surface area contributed by atoms with Crippen molar-refractivity contribution in [2.45, 2.75) is 13.8 Å². The topological polar surface area (TPSA) is 26.3 Å². The van der Waals surface area contributed by atoms with Crippen LogP contribution in [0.1, 0.15) is 18.1 Å². The number of aryl methyl sites for hydroxylation is 1.